The van der Waals surface area contributed by atoms with Crippen LogP contribution in [0.25, 0.3) is 66.1 Å². The fourth-order valence-electron chi connectivity index (χ4n) is 9.91. The second-order valence-corrected chi connectivity index (χ2v) is 15.5. The van der Waals surface area contributed by atoms with Crippen molar-refractivity contribution in [2.24, 2.45) is 0 Å². The highest BCUT2D eigenvalue weighted by atomic mass is 14.5. The summed E-state index contributed by atoms with van der Waals surface area (Å²) in [6.07, 6.45) is 0. The van der Waals surface area contributed by atoms with Gasteiger partial charge < -0.3 is 0 Å². The molecular weight excluding hydrogens is 613 g/mol. The van der Waals surface area contributed by atoms with Crippen molar-refractivity contribution in [1.82, 2.24) is 0 Å². The summed E-state index contributed by atoms with van der Waals surface area (Å²) < 4.78 is 0. The molecule has 0 heterocycles. The highest BCUT2D eigenvalue weighted by Gasteiger charge is 2.46. The lowest BCUT2D eigenvalue weighted by molar-refractivity contribution is 0.658. The van der Waals surface area contributed by atoms with Crippen LogP contribution < -0.4 is 0 Å². The fourth-order valence-corrected chi connectivity index (χ4v) is 9.91. The number of fused-ring (bicyclic) bond motifs is 8. The Bertz CT molecular complexity index is 2760. The number of aryl methyl sites for hydroxylation is 2. The van der Waals surface area contributed by atoms with Gasteiger partial charge in [0.2, 0.25) is 0 Å². The maximum Gasteiger partial charge on any atom is 0.0442 e. The summed E-state index contributed by atoms with van der Waals surface area (Å²) in [6.45, 7) is 11.8. The van der Waals surface area contributed by atoms with Crippen molar-refractivity contribution >= 4 is 21.5 Å². The first-order chi connectivity index (χ1) is 24.8. The highest BCUT2D eigenvalue weighted by Crippen LogP contribution is 2.60. The summed E-state index contributed by atoms with van der Waals surface area (Å²) in [7, 11) is 0. The van der Waals surface area contributed by atoms with Gasteiger partial charge in [-0.25, -0.2) is 0 Å². The second kappa shape index (κ2) is 10.6. The zero-order chi connectivity index (χ0) is 34.6. The van der Waals surface area contributed by atoms with E-state index in [1.165, 1.54) is 105 Å². The fraction of sp³-hybridized carbons (Fsp3) is 0.137. The van der Waals surface area contributed by atoms with Gasteiger partial charge in [0.1, 0.15) is 0 Å². The third-order valence-corrected chi connectivity index (χ3v) is 12.4. The summed E-state index contributed by atoms with van der Waals surface area (Å²) in [5.74, 6) is 0. The Balaban J connectivity index is 1.24. The van der Waals surface area contributed by atoms with Gasteiger partial charge in [-0.05, 0) is 132 Å². The van der Waals surface area contributed by atoms with E-state index >= 15 is 0 Å². The quantitative estimate of drug-likeness (QED) is 0.178. The van der Waals surface area contributed by atoms with Crippen LogP contribution in [-0.4, -0.2) is 0 Å². The molecule has 0 nitrogen and oxygen atoms in total. The average molecular weight is 653 g/mol. The van der Waals surface area contributed by atoms with Crippen LogP contribution in [-0.2, 0) is 10.8 Å². The summed E-state index contributed by atoms with van der Waals surface area (Å²) in [5, 5.41) is 5.27. The van der Waals surface area contributed by atoms with Gasteiger partial charge in [-0.3, -0.25) is 0 Å². The number of hydrogen-bond acceptors (Lipinski definition) is 0. The van der Waals surface area contributed by atoms with Crippen LogP contribution in [0.5, 0.6) is 0 Å². The molecule has 0 fully saturated rings. The molecule has 0 aromatic heterocycles. The smallest absolute Gasteiger partial charge is 0.0442 e. The first-order valence-corrected chi connectivity index (χ1v) is 18.3. The summed E-state index contributed by atoms with van der Waals surface area (Å²) in [6, 6.07) is 57.4. The SMILES string of the molecule is Cc1ccc(-c2ccc3c(c2)C(C)(c2cccc4c2-c2cccc(-c5ccc(C)c6ccccc56)c2C4(C)C)c2ccccc2-3)c2ccccc12. The topological polar surface area (TPSA) is 0 Å². The van der Waals surface area contributed by atoms with Crippen molar-refractivity contribution in [2.75, 3.05) is 0 Å². The lowest BCUT2D eigenvalue weighted by atomic mass is 9.70. The normalized spacial score (nSPS) is 16.6. The summed E-state index contributed by atoms with van der Waals surface area (Å²) in [4.78, 5) is 0. The van der Waals surface area contributed by atoms with E-state index < -0.39 is 0 Å². The zero-order valence-electron chi connectivity index (χ0n) is 29.9. The van der Waals surface area contributed by atoms with E-state index in [9.17, 15) is 0 Å². The second-order valence-electron chi connectivity index (χ2n) is 15.5. The molecule has 1 unspecified atom stereocenters. The molecule has 51 heavy (non-hydrogen) atoms. The molecule has 8 aromatic rings. The lowest BCUT2D eigenvalue weighted by Gasteiger charge is -2.32. The predicted octanol–water partition coefficient (Wildman–Crippen LogP) is 13.6. The molecule has 0 saturated heterocycles. The molecule has 0 N–H and O–H groups in total. The van der Waals surface area contributed by atoms with Crippen molar-refractivity contribution in [2.45, 2.75) is 45.4 Å². The monoisotopic (exact) mass is 652 g/mol. The Hall–Kier alpha value is -5.72. The Kier molecular flexibility index (Phi) is 6.29. The number of hydrogen-bond donors (Lipinski definition) is 0. The molecular formula is C51H40. The van der Waals surface area contributed by atoms with E-state index in [-0.39, 0.29) is 10.8 Å². The Morgan fingerprint density at radius 3 is 1.61 bits per heavy atom. The van der Waals surface area contributed by atoms with Gasteiger partial charge in [0.15, 0.2) is 0 Å². The van der Waals surface area contributed by atoms with Crippen LogP contribution in [0.4, 0.5) is 0 Å². The van der Waals surface area contributed by atoms with Gasteiger partial charge >= 0.3 is 0 Å². The first-order valence-electron chi connectivity index (χ1n) is 18.3. The van der Waals surface area contributed by atoms with Gasteiger partial charge in [0.05, 0.1) is 0 Å². The standard InChI is InChI=1S/C51H40/c1-31-24-27-36(37-16-8-6-14-34(31)37)33-26-29-41-40-18-10-11-21-44(40)51(5,47(41)30-33)46-23-13-22-45-48(46)43-20-12-19-42(49(43)50(45,3)4)39-28-25-32(2)35-15-7-9-17-38(35)39/h6-30H,1-5H3. The maximum absolute atomic E-state index is 2.50. The minimum Gasteiger partial charge on any atom is -0.0619 e. The van der Waals surface area contributed by atoms with Gasteiger partial charge in [-0.15, -0.1) is 0 Å². The summed E-state index contributed by atoms with van der Waals surface area (Å²) >= 11 is 0. The van der Waals surface area contributed by atoms with E-state index in [1.807, 2.05) is 0 Å². The molecule has 0 aliphatic heterocycles. The maximum atomic E-state index is 2.50. The molecule has 2 aliphatic rings. The van der Waals surface area contributed by atoms with Crippen LogP contribution in [0.15, 0.2) is 152 Å². The van der Waals surface area contributed by atoms with Gasteiger partial charge in [0.25, 0.3) is 0 Å². The van der Waals surface area contributed by atoms with E-state index in [4.69, 9.17) is 0 Å². The third-order valence-electron chi connectivity index (χ3n) is 12.4. The Labute approximate surface area is 301 Å². The third kappa shape index (κ3) is 4.02. The van der Waals surface area contributed by atoms with Gasteiger partial charge in [0, 0.05) is 10.8 Å². The van der Waals surface area contributed by atoms with Gasteiger partial charge in [-0.2, -0.15) is 0 Å². The molecule has 0 radical (unpaired) electrons. The van der Waals surface area contributed by atoms with E-state index in [2.05, 4.69) is 186 Å². The summed E-state index contributed by atoms with van der Waals surface area (Å²) in [5.41, 5.74) is 19.7. The van der Waals surface area contributed by atoms with E-state index in [1.54, 1.807) is 0 Å². The van der Waals surface area contributed by atoms with Crippen LogP contribution in [0.2, 0.25) is 0 Å². The van der Waals surface area contributed by atoms with Gasteiger partial charge in [-0.1, -0.05) is 159 Å². The van der Waals surface area contributed by atoms with Crippen LogP contribution in [0.3, 0.4) is 0 Å². The molecule has 10 rings (SSSR count). The largest absolute Gasteiger partial charge is 0.0619 e. The number of benzene rings is 8. The lowest BCUT2D eigenvalue weighted by Crippen LogP contribution is -2.24. The molecule has 0 bridgehead atoms. The van der Waals surface area contributed by atoms with Crippen molar-refractivity contribution in [3.63, 3.8) is 0 Å². The highest BCUT2D eigenvalue weighted by molar-refractivity contribution is 6.03. The van der Waals surface area contributed by atoms with Crippen LogP contribution >= 0.6 is 0 Å². The number of rotatable bonds is 3. The van der Waals surface area contributed by atoms with Crippen molar-refractivity contribution in [3.05, 3.63) is 191 Å². The molecule has 0 saturated carbocycles. The molecule has 0 spiro atoms. The van der Waals surface area contributed by atoms with Crippen LogP contribution in [0.1, 0.15) is 59.7 Å². The van der Waals surface area contributed by atoms with E-state index in [0.717, 1.165) is 0 Å². The first kappa shape index (κ1) is 30.1. The molecule has 0 amide bonds. The molecule has 8 aromatic carbocycles. The molecule has 1 atom stereocenters. The Morgan fingerprint density at radius 1 is 0.353 bits per heavy atom. The van der Waals surface area contributed by atoms with E-state index in [0.29, 0.717) is 0 Å². The zero-order valence-corrected chi connectivity index (χ0v) is 29.9. The Morgan fingerprint density at radius 2 is 0.863 bits per heavy atom. The van der Waals surface area contributed by atoms with Crippen molar-refractivity contribution in [1.29, 1.82) is 0 Å². The molecule has 2 aliphatic carbocycles. The van der Waals surface area contributed by atoms with Crippen molar-refractivity contribution < 1.29 is 0 Å². The van der Waals surface area contributed by atoms with Crippen LogP contribution in [0, 0.1) is 13.8 Å². The molecule has 244 valence electrons. The molecule has 0 heteroatoms. The predicted molar refractivity (Wildman–Crippen MR) is 217 cm³/mol. The minimum absolute atomic E-state index is 0.177. The average Bonchev–Trinajstić information content (AvgIpc) is 3.57. The minimum atomic E-state index is -0.349. The van der Waals surface area contributed by atoms with Crippen molar-refractivity contribution in [3.8, 4) is 44.5 Å².